The SMILES string of the molecule is CC(=O)c1cccc(Nc2nccc(C(=O)NC3CCCCCC3)n2)c1. The van der Waals surface area contributed by atoms with Gasteiger partial charge in [0, 0.05) is 23.5 Å². The second kappa shape index (κ2) is 8.56. The van der Waals surface area contributed by atoms with Gasteiger partial charge >= 0.3 is 0 Å². The summed E-state index contributed by atoms with van der Waals surface area (Å²) < 4.78 is 0. The van der Waals surface area contributed by atoms with Crippen molar-refractivity contribution in [2.24, 2.45) is 0 Å². The molecule has 6 nitrogen and oxygen atoms in total. The smallest absolute Gasteiger partial charge is 0.270 e. The van der Waals surface area contributed by atoms with Crippen LogP contribution in [0.4, 0.5) is 11.6 Å². The van der Waals surface area contributed by atoms with Gasteiger partial charge in [-0.05, 0) is 38.0 Å². The second-order valence-electron chi connectivity index (χ2n) is 6.69. The standard InChI is InChI=1S/C20H24N4O2/c1-14(25)15-7-6-10-17(13-15)23-20-21-12-11-18(24-20)19(26)22-16-8-4-2-3-5-9-16/h6-7,10-13,16H,2-5,8-9H2,1H3,(H,22,26)(H,21,23,24). The number of benzene rings is 1. The lowest BCUT2D eigenvalue weighted by Gasteiger charge is -2.16. The number of ketones is 1. The summed E-state index contributed by atoms with van der Waals surface area (Å²) in [4.78, 5) is 32.5. The molecule has 3 rings (SSSR count). The van der Waals surface area contributed by atoms with E-state index in [1.807, 2.05) is 6.07 Å². The molecule has 1 aliphatic carbocycles. The van der Waals surface area contributed by atoms with Crippen LogP contribution in [0.2, 0.25) is 0 Å². The third-order valence-corrected chi connectivity index (χ3v) is 4.60. The topological polar surface area (TPSA) is 84.0 Å². The molecule has 1 heterocycles. The van der Waals surface area contributed by atoms with Gasteiger partial charge in [0.15, 0.2) is 5.78 Å². The summed E-state index contributed by atoms with van der Waals surface area (Å²) in [6.45, 7) is 1.52. The predicted octanol–water partition coefficient (Wildman–Crippen LogP) is 3.88. The monoisotopic (exact) mass is 352 g/mol. The fourth-order valence-electron chi connectivity index (χ4n) is 3.17. The third kappa shape index (κ3) is 4.88. The average molecular weight is 352 g/mol. The first-order valence-electron chi connectivity index (χ1n) is 9.14. The maximum atomic E-state index is 12.5. The van der Waals surface area contributed by atoms with Crippen molar-refractivity contribution in [3.05, 3.63) is 47.8 Å². The number of amides is 1. The van der Waals surface area contributed by atoms with Crippen molar-refractivity contribution in [2.75, 3.05) is 5.32 Å². The summed E-state index contributed by atoms with van der Waals surface area (Å²) in [5.41, 5.74) is 1.66. The largest absolute Gasteiger partial charge is 0.348 e. The molecule has 6 heteroatoms. The first kappa shape index (κ1) is 18.0. The van der Waals surface area contributed by atoms with Gasteiger partial charge in [-0.3, -0.25) is 9.59 Å². The van der Waals surface area contributed by atoms with Gasteiger partial charge in [-0.2, -0.15) is 0 Å². The van der Waals surface area contributed by atoms with E-state index in [1.165, 1.54) is 19.8 Å². The molecule has 2 N–H and O–H groups in total. The van der Waals surface area contributed by atoms with Gasteiger partial charge in [0.05, 0.1) is 0 Å². The second-order valence-corrected chi connectivity index (χ2v) is 6.69. The molecule has 1 aromatic heterocycles. The van der Waals surface area contributed by atoms with Crippen LogP contribution in [-0.2, 0) is 0 Å². The zero-order chi connectivity index (χ0) is 18.4. The molecule has 0 bridgehead atoms. The van der Waals surface area contributed by atoms with Crippen molar-refractivity contribution >= 4 is 23.3 Å². The summed E-state index contributed by atoms with van der Waals surface area (Å²) in [6, 6.07) is 8.96. The third-order valence-electron chi connectivity index (χ3n) is 4.60. The van der Waals surface area contributed by atoms with Gasteiger partial charge in [-0.1, -0.05) is 37.8 Å². The number of Topliss-reactive ketones (excluding diaryl/α,β-unsaturated/α-hetero) is 1. The van der Waals surface area contributed by atoms with E-state index in [1.54, 1.807) is 30.5 Å². The van der Waals surface area contributed by atoms with Crippen molar-refractivity contribution in [3.63, 3.8) is 0 Å². The van der Waals surface area contributed by atoms with Crippen LogP contribution in [0.5, 0.6) is 0 Å². The van der Waals surface area contributed by atoms with Crippen LogP contribution >= 0.6 is 0 Å². The van der Waals surface area contributed by atoms with Gasteiger partial charge in [0.2, 0.25) is 5.95 Å². The molecule has 1 aliphatic rings. The first-order valence-corrected chi connectivity index (χ1v) is 9.14. The lowest BCUT2D eigenvalue weighted by atomic mass is 10.1. The Hall–Kier alpha value is -2.76. The molecule has 1 saturated carbocycles. The van der Waals surface area contributed by atoms with E-state index in [9.17, 15) is 9.59 Å². The van der Waals surface area contributed by atoms with Gasteiger partial charge in [0.1, 0.15) is 5.69 Å². The Morgan fingerprint density at radius 2 is 1.85 bits per heavy atom. The Kier molecular flexibility index (Phi) is 5.94. The molecular weight excluding hydrogens is 328 g/mol. The van der Waals surface area contributed by atoms with Crippen molar-refractivity contribution < 1.29 is 9.59 Å². The predicted molar refractivity (Wildman–Crippen MR) is 101 cm³/mol. The molecule has 2 aromatic rings. The van der Waals surface area contributed by atoms with E-state index in [-0.39, 0.29) is 17.7 Å². The minimum Gasteiger partial charge on any atom is -0.348 e. The molecule has 1 fully saturated rings. The number of nitrogens with one attached hydrogen (secondary N) is 2. The number of aromatic nitrogens is 2. The van der Waals surface area contributed by atoms with Gasteiger partial charge < -0.3 is 10.6 Å². The molecule has 1 amide bonds. The molecule has 0 spiro atoms. The normalized spacial score (nSPS) is 15.1. The Morgan fingerprint density at radius 3 is 2.58 bits per heavy atom. The van der Waals surface area contributed by atoms with Gasteiger partial charge in [0.25, 0.3) is 5.91 Å². The number of hydrogen-bond acceptors (Lipinski definition) is 5. The van der Waals surface area contributed by atoms with Crippen molar-refractivity contribution in [1.29, 1.82) is 0 Å². The summed E-state index contributed by atoms with van der Waals surface area (Å²) >= 11 is 0. The molecule has 0 aliphatic heterocycles. The molecule has 0 unspecified atom stereocenters. The number of anilines is 2. The minimum atomic E-state index is -0.167. The van der Waals surface area contributed by atoms with Gasteiger partial charge in [-0.25, -0.2) is 9.97 Å². The van der Waals surface area contributed by atoms with Crippen molar-refractivity contribution in [3.8, 4) is 0 Å². The molecular formula is C20H24N4O2. The molecule has 1 aromatic carbocycles. The molecule has 136 valence electrons. The zero-order valence-electron chi connectivity index (χ0n) is 15.0. The molecule has 26 heavy (non-hydrogen) atoms. The summed E-state index contributed by atoms with van der Waals surface area (Å²) in [7, 11) is 0. The summed E-state index contributed by atoms with van der Waals surface area (Å²) in [5.74, 6) is 0.158. The Balaban J connectivity index is 1.68. The van der Waals surface area contributed by atoms with Crippen molar-refractivity contribution in [2.45, 2.75) is 51.5 Å². The van der Waals surface area contributed by atoms with Crippen LogP contribution in [0, 0.1) is 0 Å². The van der Waals surface area contributed by atoms with Crippen LogP contribution in [0.1, 0.15) is 66.3 Å². The van der Waals surface area contributed by atoms with Crippen LogP contribution in [0.25, 0.3) is 0 Å². The van der Waals surface area contributed by atoms with Crippen LogP contribution in [0.3, 0.4) is 0 Å². The molecule has 0 saturated heterocycles. The van der Waals surface area contributed by atoms with Crippen LogP contribution in [0.15, 0.2) is 36.5 Å². The number of hydrogen-bond donors (Lipinski definition) is 2. The fraction of sp³-hybridized carbons (Fsp3) is 0.400. The lowest BCUT2D eigenvalue weighted by Crippen LogP contribution is -2.35. The zero-order valence-corrected chi connectivity index (χ0v) is 15.0. The summed E-state index contributed by atoms with van der Waals surface area (Å²) in [6.07, 6.45) is 8.42. The van der Waals surface area contributed by atoms with Crippen LogP contribution in [-0.4, -0.2) is 27.7 Å². The molecule has 0 atom stereocenters. The Bertz CT molecular complexity index is 783. The van der Waals surface area contributed by atoms with E-state index < -0.39 is 0 Å². The van der Waals surface area contributed by atoms with E-state index in [4.69, 9.17) is 0 Å². The van der Waals surface area contributed by atoms with Crippen LogP contribution < -0.4 is 10.6 Å². The minimum absolute atomic E-state index is 0.00824. The maximum absolute atomic E-state index is 12.5. The first-order chi connectivity index (χ1) is 12.6. The highest BCUT2D eigenvalue weighted by molar-refractivity contribution is 5.95. The maximum Gasteiger partial charge on any atom is 0.270 e. The number of carbonyl (C=O) groups is 2. The Labute approximate surface area is 153 Å². The highest BCUT2D eigenvalue weighted by Crippen LogP contribution is 2.18. The highest BCUT2D eigenvalue weighted by atomic mass is 16.2. The Morgan fingerprint density at radius 1 is 1.08 bits per heavy atom. The number of nitrogens with zero attached hydrogens (tertiary/aromatic N) is 2. The van der Waals surface area contributed by atoms with E-state index >= 15 is 0 Å². The average Bonchev–Trinajstić information content (AvgIpc) is 2.91. The lowest BCUT2D eigenvalue weighted by molar-refractivity contribution is 0.0927. The van der Waals surface area contributed by atoms with E-state index in [0.717, 1.165) is 25.7 Å². The highest BCUT2D eigenvalue weighted by Gasteiger charge is 2.17. The van der Waals surface area contributed by atoms with E-state index in [0.29, 0.717) is 22.9 Å². The quantitative estimate of drug-likeness (QED) is 0.630. The van der Waals surface area contributed by atoms with Crippen molar-refractivity contribution in [1.82, 2.24) is 15.3 Å². The number of carbonyl (C=O) groups excluding carboxylic acids is 2. The fourth-order valence-corrected chi connectivity index (χ4v) is 3.17. The van der Waals surface area contributed by atoms with E-state index in [2.05, 4.69) is 20.6 Å². The van der Waals surface area contributed by atoms with Gasteiger partial charge in [-0.15, -0.1) is 0 Å². The summed E-state index contributed by atoms with van der Waals surface area (Å²) in [5, 5.41) is 6.14. The number of rotatable bonds is 5. The molecule has 0 radical (unpaired) electrons.